The van der Waals surface area contributed by atoms with Gasteiger partial charge in [0.15, 0.2) is 0 Å². The highest BCUT2D eigenvalue weighted by Gasteiger charge is 2.57. The molecule has 0 bridgehead atoms. The number of anilines is 3. The SMILES string of the molecule is O=C(N(C(=O)C(F)(F)F)c1cc(N(C(=O)C(F)(F)F)C(=O)C(F)(F)F)cc(N(C(=O)C(F)(F)F)C(=O)C(F)(F)F)c1)C(F)(F)F. The van der Waals surface area contributed by atoms with Crippen LogP contribution in [0.15, 0.2) is 18.2 Å². The summed E-state index contributed by atoms with van der Waals surface area (Å²) in [6, 6.07) is -3.38. The lowest BCUT2D eigenvalue weighted by Crippen LogP contribution is -2.52. The Labute approximate surface area is 231 Å². The summed E-state index contributed by atoms with van der Waals surface area (Å²) in [7, 11) is 0. The molecule has 9 nitrogen and oxygen atoms in total. The van der Waals surface area contributed by atoms with Gasteiger partial charge in [0.25, 0.3) is 0 Å². The normalized spacial score (nSPS) is 13.2. The molecule has 1 aromatic rings. The summed E-state index contributed by atoms with van der Waals surface area (Å²) >= 11 is 0. The average molecular weight is 699 g/mol. The van der Waals surface area contributed by atoms with E-state index in [0.717, 1.165) is 0 Å². The molecule has 0 saturated heterocycles. The van der Waals surface area contributed by atoms with Crippen LogP contribution in [-0.2, 0) is 28.8 Å². The molecule has 252 valence electrons. The number of imide groups is 3. The van der Waals surface area contributed by atoms with Crippen molar-refractivity contribution in [2.45, 2.75) is 37.1 Å². The minimum absolute atomic E-state index is 1.13. The summed E-state index contributed by atoms with van der Waals surface area (Å²) in [5.74, 6) is -24.8. The molecule has 0 saturated carbocycles. The van der Waals surface area contributed by atoms with Crippen molar-refractivity contribution in [2.24, 2.45) is 0 Å². The fourth-order valence-electron chi connectivity index (χ4n) is 2.71. The van der Waals surface area contributed by atoms with Crippen LogP contribution in [0.5, 0.6) is 0 Å². The summed E-state index contributed by atoms with van der Waals surface area (Å²) in [5, 5.41) is 0. The van der Waals surface area contributed by atoms with Crippen LogP contribution in [0.25, 0.3) is 0 Å². The predicted molar refractivity (Wildman–Crippen MR) is 100 cm³/mol. The quantitative estimate of drug-likeness (QED) is 0.426. The number of carbonyl (C=O) groups is 6. The van der Waals surface area contributed by atoms with Gasteiger partial charge in [-0.2, -0.15) is 79.0 Å². The second-order valence-electron chi connectivity index (χ2n) is 7.53. The highest BCUT2D eigenvalue weighted by Crippen LogP contribution is 2.39. The van der Waals surface area contributed by atoms with E-state index in [9.17, 15) is 108 Å². The molecule has 0 atom stereocenters. The number of rotatable bonds is 3. The molecule has 0 spiro atoms. The van der Waals surface area contributed by atoms with Gasteiger partial charge in [0.05, 0.1) is 17.1 Å². The summed E-state index contributed by atoms with van der Waals surface area (Å²) < 4.78 is 235. The molecule has 1 rings (SSSR count). The summed E-state index contributed by atoms with van der Waals surface area (Å²) in [6.45, 7) is 0. The number of hydrogen-bond donors (Lipinski definition) is 0. The van der Waals surface area contributed by atoms with Gasteiger partial charge in [0, 0.05) is 0 Å². The third-order valence-corrected chi connectivity index (χ3v) is 4.34. The Bertz CT molecular complexity index is 1140. The van der Waals surface area contributed by atoms with Crippen molar-refractivity contribution in [3.05, 3.63) is 18.2 Å². The van der Waals surface area contributed by atoms with Crippen molar-refractivity contribution < 1.29 is 108 Å². The summed E-state index contributed by atoms with van der Waals surface area (Å²) in [6.07, 6.45) is -40.4. The highest BCUT2D eigenvalue weighted by molar-refractivity contribution is 6.23. The van der Waals surface area contributed by atoms with Crippen molar-refractivity contribution in [1.29, 1.82) is 0 Å². The smallest absolute Gasteiger partial charge is 0.263 e. The van der Waals surface area contributed by atoms with Crippen LogP contribution < -0.4 is 14.7 Å². The molecule has 45 heavy (non-hydrogen) atoms. The molecule has 0 aliphatic heterocycles. The molecular formula is C18H3F18N3O6. The zero-order chi connectivity index (χ0) is 36.0. The lowest BCUT2D eigenvalue weighted by molar-refractivity contribution is -0.182. The Morgan fingerprint density at radius 2 is 0.422 bits per heavy atom. The average Bonchev–Trinajstić information content (AvgIpc) is 2.80. The summed E-state index contributed by atoms with van der Waals surface area (Å²) in [5.41, 5.74) is -8.63. The molecule has 27 heteroatoms. The zero-order valence-corrected chi connectivity index (χ0v) is 19.8. The summed E-state index contributed by atoms with van der Waals surface area (Å²) in [4.78, 5) is 62.9. The van der Waals surface area contributed by atoms with E-state index < -0.39 is 122 Å². The van der Waals surface area contributed by atoms with Gasteiger partial charge in [-0.15, -0.1) is 0 Å². The van der Waals surface area contributed by atoms with Crippen LogP contribution in [0.2, 0.25) is 0 Å². The van der Waals surface area contributed by atoms with Crippen LogP contribution in [0.3, 0.4) is 0 Å². The number of amides is 6. The number of nitrogens with zero attached hydrogens (tertiary/aromatic N) is 3. The van der Waals surface area contributed by atoms with Crippen LogP contribution in [-0.4, -0.2) is 72.5 Å². The molecule has 0 N–H and O–H groups in total. The zero-order valence-electron chi connectivity index (χ0n) is 19.8. The van der Waals surface area contributed by atoms with E-state index in [2.05, 4.69) is 0 Å². The number of benzene rings is 1. The van der Waals surface area contributed by atoms with E-state index in [1.807, 2.05) is 0 Å². The maximum Gasteiger partial charge on any atom is 0.472 e. The van der Waals surface area contributed by atoms with E-state index in [1.165, 1.54) is 0 Å². The Hall–Kier alpha value is -4.62. The Balaban J connectivity index is 4.60. The van der Waals surface area contributed by atoms with Crippen LogP contribution in [0.1, 0.15) is 0 Å². The molecule has 0 aliphatic rings. The third-order valence-electron chi connectivity index (χ3n) is 4.34. The van der Waals surface area contributed by atoms with Crippen molar-refractivity contribution in [3.63, 3.8) is 0 Å². The van der Waals surface area contributed by atoms with E-state index in [-0.39, 0.29) is 0 Å². The van der Waals surface area contributed by atoms with E-state index in [4.69, 9.17) is 0 Å². The van der Waals surface area contributed by atoms with Crippen molar-refractivity contribution in [3.8, 4) is 0 Å². The van der Waals surface area contributed by atoms with Crippen LogP contribution in [0.4, 0.5) is 96.1 Å². The topological polar surface area (TPSA) is 112 Å². The van der Waals surface area contributed by atoms with Gasteiger partial charge in [0.1, 0.15) is 0 Å². The maximum atomic E-state index is 13.0. The second kappa shape index (κ2) is 11.7. The second-order valence-corrected chi connectivity index (χ2v) is 7.53. The van der Waals surface area contributed by atoms with Crippen molar-refractivity contribution in [2.75, 3.05) is 14.7 Å². The van der Waals surface area contributed by atoms with Gasteiger partial charge in [-0.1, -0.05) is 0 Å². The molecule has 6 amide bonds. The van der Waals surface area contributed by atoms with E-state index >= 15 is 0 Å². The molecule has 0 heterocycles. The third kappa shape index (κ3) is 8.73. The number of halogens is 18. The Morgan fingerprint density at radius 3 is 0.511 bits per heavy atom. The predicted octanol–water partition coefficient (Wildman–Crippen LogP) is 4.64. The number of hydrogen-bond acceptors (Lipinski definition) is 6. The van der Waals surface area contributed by atoms with Crippen LogP contribution >= 0.6 is 0 Å². The largest absolute Gasteiger partial charge is 0.472 e. The fraction of sp³-hybridized carbons (Fsp3) is 0.333. The molecule has 0 radical (unpaired) electrons. The van der Waals surface area contributed by atoms with E-state index in [0.29, 0.717) is 0 Å². The standard InChI is InChI=1S/C18H3F18N3O6/c19-13(20,21)7(40)37(8(41)14(22,23)24)4-1-5(38(9(42)15(25,26)27)10(43)16(28,29)30)3-6(2-4)39(11(44)17(31,32)33)12(45)18(34,35)36/h1-3H. The fourth-order valence-corrected chi connectivity index (χ4v) is 2.71. The number of alkyl halides is 18. The molecule has 0 fully saturated rings. The van der Waals surface area contributed by atoms with Gasteiger partial charge in [-0.3, -0.25) is 28.8 Å². The number of carbonyl (C=O) groups excluding carboxylic acids is 6. The Kier molecular flexibility index (Phi) is 9.99. The minimum atomic E-state index is -6.73. The van der Waals surface area contributed by atoms with Gasteiger partial charge < -0.3 is 0 Å². The monoisotopic (exact) mass is 699 g/mol. The van der Waals surface area contributed by atoms with Crippen LogP contribution in [0, 0.1) is 0 Å². The van der Waals surface area contributed by atoms with Gasteiger partial charge in [0.2, 0.25) is 0 Å². The van der Waals surface area contributed by atoms with Gasteiger partial charge in [-0.25, -0.2) is 14.7 Å². The molecule has 1 aromatic carbocycles. The van der Waals surface area contributed by atoms with Gasteiger partial charge in [-0.05, 0) is 18.2 Å². The first-order valence-corrected chi connectivity index (χ1v) is 9.87. The molecule has 0 unspecified atom stereocenters. The first-order chi connectivity index (χ1) is 19.6. The molecule has 0 aromatic heterocycles. The van der Waals surface area contributed by atoms with Crippen molar-refractivity contribution >= 4 is 52.5 Å². The lowest BCUT2D eigenvalue weighted by atomic mass is 10.1. The Morgan fingerprint density at radius 1 is 0.311 bits per heavy atom. The maximum absolute atomic E-state index is 13.0. The lowest BCUT2D eigenvalue weighted by Gasteiger charge is -2.29. The van der Waals surface area contributed by atoms with Crippen molar-refractivity contribution in [1.82, 2.24) is 0 Å². The first kappa shape index (κ1) is 38.4. The highest BCUT2D eigenvalue weighted by atomic mass is 19.4. The molecule has 0 aliphatic carbocycles. The minimum Gasteiger partial charge on any atom is -0.263 e. The first-order valence-electron chi connectivity index (χ1n) is 9.87. The van der Waals surface area contributed by atoms with E-state index in [1.54, 1.807) is 0 Å². The molecular weight excluding hydrogens is 696 g/mol. The van der Waals surface area contributed by atoms with Gasteiger partial charge >= 0.3 is 72.5 Å².